The second-order valence-electron chi connectivity index (χ2n) is 4.64. The fraction of sp³-hybridized carbons (Fsp3) is 0.636. The quantitative estimate of drug-likeness (QED) is 0.784. The van der Waals surface area contributed by atoms with Gasteiger partial charge < -0.3 is 5.73 Å². The maximum absolute atomic E-state index is 11.9. The Morgan fingerprint density at radius 1 is 1.50 bits per heavy atom. The molecule has 1 fully saturated rings. The second-order valence-corrected chi connectivity index (χ2v) is 5.16. The maximum Gasteiger partial charge on any atom is 0.328 e. The topological polar surface area (TPSA) is 52.9 Å². The monoisotopic (exact) mass is 239 g/mol. The molecule has 0 atom stereocenters. The van der Waals surface area contributed by atoms with E-state index in [9.17, 15) is 4.79 Å². The molecule has 1 aliphatic rings. The van der Waals surface area contributed by atoms with E-state index in [-0.39, 0.29) is 11.1 Å². The van der Waals surface area contributed by atoms with Crippen molar-refractivity contribution in [1.82, 2.24) is 9.13 Å². The summed E-state index contributed by atoms with van der Waals surface area (Å²) in [5, 5.41) is 0. The molecule has 0 spiro atoms. The molecular formula is C11H17N3OS. The molecule has 0 aromatic carbocycles. The molecule has 0 amide bonds. The standard InChI is InChI=1S/C11H17N3OS/c1-2-13-5-6-14(10(13)15)8-11(3-4-11)7-9(12)16/h5-6H,2-4,7-8H2,1H3,(H2,12,16). The second kappa shape index (κ2) is 4.05. The van der Waals surface area contributed by atoms with Crippen molar-refractivity contribution in [2.24, 2.45) is 11.1 Å². The maximum atomic E-state index is 11.9. The van der Waals surface area contributed by atoms with Crippen LogP contribution in [-0.4, -0.2) is 14.1 Å². The van der Waals surface area contributed by atoms with Gasteiger partial charge in [0, 0.05) is 31.9 Å². The molecule has 4 nitrogen and oxygen atoms in total. The van der Waals surface area contributed by atoms with Gasteiger partial charge in [-0.2, -0.15) is 0 Å². The lowest BCUT2D eigenvalue weighted by Crippen LogP contribution is -2.28. The molecule has 2 rings (SSSR count). The van der Waals surface area contributed by atoms with Crippen LogP contribution >= 0.6 is 12.2 Å². The first-order valence-corrected chi connectivity index (χ1v) is 6.01. The summed E-state index contributed by atoms with van der Waals surface area (Å²) in [5.74, 6) is 0. The molecule has 0 bridgehead atoms. The molecule has 1 heterocycles. The third-order valence-electron chi connectivity index (χ3n) is 3.27. The molecule has 5 heteroatoms. The Balaban J connectivity index is 2.12. The minimum atomic E-state index is 0.0664. The Morgan fingerprint density at radius 2 is 2.12 bits per heavy atom. The van der Waals surface area contributed by atoms with E-state index in [2.05, 4.69) is 0 Å². The van der Waals surface area contributed by atoms with Crippen molar-refractivity contribution >= 4 is 17.2 Å². The number of thiocarbonyl (C=S) groups is 1. The van der Waals surface area contributed by atoms with Gasteiger partial charge in [-0.15, -0.1) is 0 Å². The van der Waals surface area contributed by atoms with Gasteiger partial charge in [-0.3, -0.25) is 9.13 Å². The first-order valence-electron chi connectivity index (χ1n) is 5.60. The van der Waals surface area contributed by atoms with E-state index >= 15 is 0 Å². The van der Waals surface area contributed by atoms with Crippen LogP contribution in [0.3, 0.4) is 0 Å². The van der Waals surface area contributed by atoms with Crippen molar-refractivity contribution < 1.29 is 0 Å². The Kier molecular flexibility index (Phi) is 2.88. The summed E-state index contributed by atoms with van der Waals surface area (Å²) in [7, 11) is 0. The average Bonchev–Trinajstić information content (AvgIpc) is 2.86. The van der Waals surface area contributed by atoms with Crippen LogP contribution in [0.15, 0.2) is 17.2 Å². The molecule has 1 saturated carbocycles. The van der Waals surface area contributed by atoms with Crippen LogP contribution in [0.2, 0.25) is 0 Å². The molecular weight excluding hydrogens is 222 g/mol. The first-order chi connectivity index (χ1) is 7.56. The summed E-state index contributed by atoms with van der Waals surface area (Å²) >= 11 is 4.95. The zero-order valence-electron chi connectivity index (χ0n) is 9.48. The summed E-state index contributed by atoms with van der Waals surface area (Å²) in [4.78, 5) is 12.4. The molecule has 1 aromatic rings. The van der Waals surface area contributed by atoms with Crippen molar-refractivity contribution in [2.45, 2.75) is 39.3 Å². The SMILES string of the molecule is CCn1ccn(CC2(CC(N)=S)CC2)c1=O. The van der Waals surface area contributed by atoms with Crippen LogP contribution in [-0.2, 0) is 13.1 Å². The first kappa shape index (κ1) is 11.4. The number of rotatable bonds is 5. The van der Waals surface area contributed by atoms with Crippen LogP contribution < -0.4 is 11.4 Å². The van der Waals surface area contributed by atoms with Crippen LogP contribution in [0.25, 0.3) is 0 Å². The average molecular weight is 239 g/mol. The highest BCUT2D eigenvalue weighted by Gasteiger charge is 2.43. The summed E-state index contributed by atoms with van der Waals surface area (Å²) < 4.78 is 3.48. The molecule has 16 heavy (non-hydrogen) atoms. The lowest BCUT2D eigenvalue weighted by atomic mass is 10.0. The van der Waals surface area contributed by atoms with Crippen molar-refractivity contribution in [3.05, 3.63) is 22.9 Å². The van der Waals surface area contributed by atoms with Crippen LogP contribution in [0.4, 0.5) is 0 Å². The van der Waals surface area contributed by atoms with E-state index in [0.29, 0.717) is 11.5 Å². The zero-order valence-corrected chi connectivity index (χ0v) is 10.3. The zero-order chi connectivity index (χ0) is 11.8. The summed E-state index contributed by atoms with van der Waals surface area (Å²) in [6.45, 7) is 3.43. The highest BCUT2D eigenvalue weighted by Crippen LogP contribution is 2.49. The number of hydrogen-bond donors (Lipinski definition) is 1. The summed E-state index contributed by atoms with van der Waals surface area (Å²) in [6, 6.07) is 0. The molecule has 0 aliphatic heterocycles. The lowest BCUT2D eigenvalue weighted by molar-refractivity contribution is 0.426. The van der Waals surface area contributed by atoms with Crippen molar-refractivity contribution in [3.8, 4) is 0 Å². The van der Waals surface area contributed by atoms with Gasteiger partial charge in [-0.1, -0.05) is 12.2 Å². The molecule has 1 aromatic heterocycles. The van der Waals surface area contributed by atoms with E-state index in [4.69, 9.17) is 18.0 Å². The molecule has 0 radical (unpaired) electrons. The summed E-state index contributed by atoms with van der Waals surface area (Å²) in [6.07, 6.45) is 6.68. The predicted molar refractivity (Wildman–Crippen MR) is 67.4 cm³/mol. The van der Waals surface area contributed by atoms with Crippen molar-refractivity contribution in [1.29, 1.82) is 0 Å². The van der Waals surface area contributed by atoms with Crippen molar-refractivity contribution in [3.63, 3.8) is 0 Å². The van der Waals surface area contributed by atoms with Crippen LogP contribution in [0.5, 0.6) is 0 Å². The highest BCUT2D eigenvalue weighted by molar-refractivity contribution is 7.80. The molecule has 2 N–H and O–H groups in total. The van der Waals surface area contributed by atoms with Crippen molar-refractivity contribution in [2.75, 3.05) is 0 Å². The van der Waals surface area contributed by atoms with Gasteiger partial charge in [-0.25, -0.2) is 4.79 Å². The molecule has 0 saturated heterocycles. The molecule has 88 valence electrons. The summed E-state index contributed by atoms with van der Waals surface area (Å²) in [5.41, 5.74) is 5.81. The van der Waals surface area contributed by atoms with Gasteiger partial charge in [-0.05, 0) is 25.2 Å². The number of nitrogens with zero attached hydrogens (tertiary/aromatic N) is 2. The predicted octanol–water partition coefficient (Wildman–Crippen LogP) is 1.13. The third-order valence-corrected chi connectivity index (χ3v) is 3.42. The van der Waals surface area contributed by atoms with E-state index in [1.54, 1.807) is 9.13 Å². The number of nitrogens with two attached hydrogens (primary N) is 1. The van der Waals surface area contributed by atoms with Gasteiger partial charge in [0.25, 0.3) is 0 Å². The van der Waals surface area contributed by atoms with E-state index in [1.807, 2.05) is 19.3 Å². The number of imidazole rings is 1. The smallest absolute Gasteiger partial charge is 0.328 e. The highest BCUT2D eigenvalue weighted by atomic mass is 32.1. The van der Waals surface area contributed by atoms with E-state index in [0.717, 1.165) is 25.8 Å². The lowest BCUT2D eigenvalue weighted by Gasteiger charge is -2.13. The normalized spacial score (nSPS) is 17.3. The van der Waals surface area contributed by atoms with E-state index < -0.39 is 0 Å². The number of hydrogen-bond acceptors (Lipinski definition) is 2. The Morgan fingerprint density at radius 3 is 2.56 bits per heavy atom. The van der Waals surface area contributed by atoms with Gasteiger partial charge in [0.05, 0.1) is 4.99 Å². The van der Waals surface area contributed by atoms with Gasteiger partial charge >= 0.3 is 5.69 Å². The Bertz CT molecular complexity index is 456. The van der Waals surface area contributed by atoms with Gasteiger partial charge in [0.1, 0.15) is 0 Å². The molecule has 1 aliphatic carbocycles. The molecule has 0 unspecified atom stereocenters. The Labute approximate surface area is 100 Å². The fourth-order valence-corrected chi connectivity index (χ4v) is 2.42. The Hall–Kier alpha value is -1.10. The van der Waals surface area contributed by atoms with Gasteiger partial charge in [0.15, 0.2) is 0 Å². The largest absolute Gasteiger partial charge is 0.393 e. The number of aromatic nitrogens is 2. The van der Waals surface area contributed by atoms with Crippen LogP contribution in [0.1, 0.15) is 26.2 Å². The minimum absolute atomic E-state index is 0.0664. The van der Waals surface area contributed by atoms with E-state index in [1.165, 1.54) is 0 Å². The number of aryl methyl sites for hydroxylation is 1. The van der Waals surface area contributed by atoms with Gasteiger partial charge in [0.2, 0.25) is 0 Å². The minimum Gasteiger partial charge on any atom is -0.393 e. The third kappa shape index (κ3) is 2.19. The van der Waals surface area contributed by atoms with Crippen LogP contribution in [0, 0.1) is 5.41 Å². The fourth-order valence-electron chi connectivity index (χ4n) is 2.11.